The van der Waals surface area contributed by atoms with E-state index in [0.29, 0.717) is 16.8 Å². The van der Waals surface area contributed by atoms with Crippen LogP contribution < -0.4 is 4.74 Å². The van der Waals surface area contributed by atoms with E-state index in [4.69, 9.17) is 9.15 Å². The lowest BCUT2D eigenvalue weighted by atomic mass is 10.1. The van der Waals surface area contributed by atoms with Crippen molar-refractivity contribution in [2.24, 2.45) is 0 Å². The maximum absolute atomic E-state index is 11.5. The van der Waals surface area contributed by atoms with Crippen molar-refractivity contribution in [3.63, 3.8) is 0 Å². The lowest BCUT2D eigenvalue weighted by Crippen LogP contribution is -2.05. The van der Waals surface area contributed by atoms with Crippen molar-refractivity contribution in [3.8, 4) is 5.75 Å². The van der Waals surface area contributed by atoms with Crippen molar-refractivity contribution in [1.82, 2.24) is 15.2 Å². The molecule has 1 aromatic carbocycles. The molecule has 0 fully saturated rings. The van der Waals surface area contributed by atoms with Crippen molar-refractivity contribution in [1.29, 1.82) is 0 Å². The molecule has 0 radical (unpaired) electrons. The first-order valence-electron chi connectivity index (χ1n) is 6.18. The molecule has 0 aliphatic carbocycles. The molecular formula is C14H11N3O4. The first-order chi connectivity index (χ1) is 10.1. The van der Waals surface area contributed by atoms with Gasteiger partial charge >= 0.3 is 5.97 Å². The Hall–Kier alpha value is -2.96. The number of benzene rings is 1. The van der Waals surface area contributed by atoms with Crippen LogP contribution in [-0.2, 0) is 6.61 Å². The van der Waals surface area contributed by atoms with Gasteiger partial charge in [-0.3, -0.25) is 4.98 Å². The zero-order chi connectivity index (χ0) is 14.8. The van der Waals surface area contributed by atoms with Gasteiger partial charge in [-0.05, 0) is 6.07 Å². The summed E-state index contributed by atoms with van der Waals surface area (Å²) in [5, 5.41) is 17.4. The second-order valence-corrected chi connectivity index (χ2v) is 4.32. The van der Waals surface area contributed by atoms with Crippen LogP contribution in [0.25, 0.3) is 10.9 Å². The van der Waals surface area contributed by atoms with Crippen LogP contribution >= 0.6 is 0 Å². The number of carboxylic acid groups (broad SMARTS) is 1. The molecule has 0 unspecified atom stereocenters. The van der Waals surface area contributed by atoms with Crippen molar-refractivity contribution in [2.45, 2.75) is 13.5 Å². The number of aromatic nitrogens is 3. The van der Waals surface area contributed by atoms with Crippen LogP contribution in [0.4, 0.5) is 0 Å². The predicted molar refractivity (Wildman–Crippen MR) is 72.1 cm³/mol. The van der Waals surface area contributed by atoms with Gasteiger partial charge < -0.3 is 14.3 Å². The van der Waals surface area contributed by atoms with Crippen LogP contribution in [0.5, 0.6) is 5.75 Å². The third-order valence-corrected chi connectivity index (χ3v) is 2.87. The molecule has 0 bridgehead atoms. The molecule has 2 heterocycles. The maximum atomic E-state index is 11.5. The van der Waals surface area contributed by atoms with Gasteiger partial charge in [-0.1, -0.05) is 18.2 Å². The molecule has 0 saturated carbocycles. The van der Waals surface area contributed by atoms with Crippen LogP contribution in [0, 0.1) is 6.92 Å². The summed E-state index contributed by atoms with van der Waals surface area (Å²) in [6.07, 6.45) is 1.38. The Morgan fingerprint density at radius 3 is 2.86 bits per heavy atom. The Kier molecular flexibility index (Phi) is 3.23. The highest BCUT2D eigenvalue weighted by atomic mass is 16.5. The molecule has 1 N–H and O–H groups in total. The van der Waals surface area contributed by atoms with Crippen molar-refractivity contribution in [3.05, 3.63) is 47.8 Å². The fourth-order valence-electron chi connectivity index (χ4n) is 1.99. The van der Waals surface area contributed by atoms with Gasteiger partial charge in [0.05, 0.1) is 11.7 Å². The SMILES string of the molecule is Cc1nnc(COc2cnc3ccccc3c2C(=O)O)o1. The highest BCUT2D eigenvalue weighted by Crippen LogP contribution is 2.26. The number of para-hydroxylation sites is 1. The van der Waals surface area contributed by atoms with Gasteiger partial charge in [-0.2, -0.15) is 0 Å². The Morgan fingerprint density at radius 2 is 2.14 bits per heavy atom. The van der Waals surface area contributed by atoms with Crippen molar-refractivity contribution >= 4 is 16.9 Å². The van der Waals surface area contributed by atoms with Gasteiger partial charge in [-0.25, -0.2) is 4.79 Å². The van der Waals surface area contributed by atoms with E-state index in [-0.39, 0.29) is 23.8 Å². The highest BCUT2D eigenvalue weighted by Gasteiger charge is 2.17. The average molecular weight is 285 g/mol. The summed E-state index contributed by atoms with van der Waals surface area (Å²) >= 11 is 0. The first kappa shape index (κ1) is 13.0. The summed E-state index contributed by atoms with van der Waals surface area (Å²) < 4.78 is 10.6. The molecule has 0 saturated heterocycles. The van der Waals surface area contributed by atoms with Crippen LogP contribution in [0.2, 0.25) is 0 Å². The molecule has 0 aliphatic rings. The number of ether oxygens (including phenoxy) is 1. The minimum absolute atomic E-state index is 0.0128. The second-order valence-electron chi connectivity index (χ2n) is 4.32. The molecule has 3 rings (SSSR count). The molecular weight excluding hydrogens is 274 g/mol. The Labute approximate surface area is 119 Å². The lowest BCUT2D eigenvalue weighted by molar-refractivity contribution is 0.0693. The van der Waals surface area contributed by atoms with E-state index in [0.717, 1.165) is 0 Å². The molecule has 21 heavy (non-hydrogen) atoms. The second kappa shape index (κ2) is 5.20. The molecule has 3 aromatic rings. The highest BCUT2D eigenvalue weighted by molar-refractivity contribution is 6.04. The van der Waals surface area contributed by atoms with Crippen LogP contribution in [-0.4, -0.2) is 26.3 Å². The van der Waals surface area contributed by atoms with Gasteiger partial charge in [0.15, 0.2) is 12.4 Å². The van der Waals surface area contributed by atoms with E-state index in [1.165, 1.54) is 6.20 Å². The van der Waals surface area contributed by atoms with Crippen LogP contribution in [0.15, 0.2) is 34.9 Å². The minimum atomic E-state index is -1.08. The summed E-state index contributed by atoms with van der Waals surface area (Å²) in [4.78, 5) is 15.7. The quantitative estimate of drug-likeness (QED) is 0.784. The largest absolute Gasteiger partial charge is 0.481 e. The number of aromatic carboxylic acids is 1. The van der Waals surface area contributed by atoms with Gasteiger partial charge in [0.2, 0.25) is 5.89 Å². The standard InChI is InChI=1S/C14H11N3O4/c1-8-16-17-12(21-8)7-20-11-6-15-10-5-3-2-4-9(10)13(11)14(18)19/h2-6H,7H2,1H3,(H,18,19). The molecule has 7 heteroatoms. The predicted octanol–water partition coefficient (Wildman–Crippen LogP) is 2.20. The van der Waals surface area contributed by atoms with Crippen LogP contribution in [0.3, 0.4) is 0 Å². The smallest absolute Gasteiger partial charge is 0.340 e. The van der Waals surface area contributed by atoms with Gasteiger partial charge in [-0.15, -0.1) is 10.2 Å². The third-order valence-electron chi connectivity index (χ3n) is 2.87. The monoisotopic (exact) mass is 285 g/mol. The van der Waals surface area contributed by atoms with E-state index in [1.54, 1.807) is 31.2 Å². The Morgan fingerprint density at radius 1 is 1.33 bits per heavy atom. The number of rotatable bonds is 4. The third kappa shape index (κ3) is 2.53. The lowest BCUT2D eigenvalue weighted by Gasteiger charge is -2.09. The molecule has 0 aliphatic heterocycles. The fraction of sp³-hybridized carbons (Fsp3) is 0.143. The Bertz CT molecular complexity index is 813. The number of nitrogens with zero attached hydrogens (tertiary/aromatic N) is 3. The Balaban J connectivity index is 1.97. The number of carbonyl (C=O) groups is 1. The number of fused-ring (bicyclic) bond motifs is 1. The average Bonchev–Trinajstić information content (AvgIpc) is 2.89. The molecule has 0 spiro atoms. The molecule has 0 amide bonds. The van der Waals surface area contributed by atoms with Gasteiger partial charge in [0, 0.05) is 12.3 Å². The number of pyridine rings is 1. The van der Waals surface area contributed by atoms with E-state index in [1.807, 2.05) is 0 Å². The van der Waals surface area contributed by atoms with Crippen molar-refractivity contribution in [2.75, 3.05) is 0 Å². The van der Waals surface area contributed by atoms with E-state index in [2.05, 4.69) is 15.2 Å². The van der Waals surface area contributed by atoms with Gasteiger partial charge in [0.25, 0.3) is 5.89 Å². The summed E-state index contributed by atoms with van der Waals surface area (Å²) in [7, 11) is 0. The number of carboxylic acids is 1. The zero-order valence-corrected chi connectivity index (χ0v) is 11.1. The zero-order valence-electron chi connectivity index (χ0n) is 11.1. The number of hydrogen-bond acceptors (Lipinski definition) is 6. The topological polar surface area (TPSA) is 98.3 Å². The summed E-state index contributed by atoms with van der Waals surface area (Å²) in [6.45, 7) is 1.65. The number of hydrogen-bond donors (Lipinski definition) is 1. The van der Waals surface area contributed by atoms with E-state index >= 15 is 0 Å². The normalized spacial score (nSPS) is 10.7. The van der Waals surface area contributed by atoms with Crippen molar-refractivity contribution < 1.29 is 19.1 Å². The van der Waals surface area contributed by atoms with Gasteiger partial charge in [0.1, 0.15) is 5.56 Å². The molecule has 106 valence electrons. The fourth-order valence-corrected chi connectivity index (χ4v) is 1.99. The summed E-state index contributed by atoms with van der Waals surface area (Å²) in [6, 6.07) is 6.98. The number of aryl methyl sites for hydroxylation is 1. The maximum Gasteiger partial charge on any atom is 0.340 e. The summed E-state index contributed by atoms with van der Waals surface area (Å²) in [5.74, 6) is -0.219. The molecule has 7 nitrogen and oxygen atoms in total. The van der Waals surface area contributed by atoms with E-state index < -0.39 is 5.97 Å². The summed E-state index contributed by atoms with van der Waals surface area (Å²) in [5.41, 5.74) is 0.660. The first-order valence-corrected chi connectivity index (χ1v) is 6.18. The van der Waals surface area contributed by atoms with Crippen LogP contribution in [0.1, 0.15) is 22.1 Å². The van der Waals surface area contributed by atoms with E-state index in [9.17, 15) is 9.90 Å². The molecule has 0 atom stereocenters. The molecule has 2 aromatic heterocycles. The minimum Gasteiger partial charge on any atom is -0.481 e.